The molecule has 18 heavy (non-hydrogen) atoms. The van der Waals surface area contributed by atoms with Crippen LogP contribution in [0.4, 0.5) is 5.69 Å². The van der Waals surface area contributed by atoms with Crippen LogP contribution in [0.1, 0.15) is 26.7 Å². The molecule has 0 aliphatic carbocycles. The number of benzene rings is 1. The normalized spacial score (nSPS) is 9.89. The van der Waals surface area contributed by atoms with Crippen LogP contribution in [0.3, 0.4) is 0 Å². The van der Waals surface area contributed by atoms with Crippen molar-refractivity contribution in [3.8, 4) is 0 Å². The Bertz CT molecular complexity index is 390. The Balaban J connectivity index is 2.65. The molecule has 4 heteroatoms. The number of carbonyl (C=O) groups excluding carboxylic acids is 2. The van der Waals surface area contributed by atoms with Crippen LogP contribution in [0.15, 0.2) is 30.3 Å². The lowest BCUT2D eigenvalue weighted by atomic mass is 10.2. The summed E-state index contributed by atoms with van der Waals surface area (Å²) in [7, 11) is 0. The lowest BCUT2D eigenvalue weighted by Gasteiger charge is -2.20. The molecule has 0 saturated heterocycles. The number of likely N-dealkylation sites (N-methyl/N-ethyl adjacent to an activating group) is 1. The lowest BCUT2D eigenvalue weighted by molar-refractivity contribution is -0.137. The van der Waals surface area contributed by atoms with E-state index in [0.29, 0.717) is 13.1 Å². The minimum Gasteiger partial charge on any atom is -0.348 e. The number of para-hydroxylation sites is 1. The number of nitrogens with one attached hydrogen (secondary N) is 1. The first-order valence-corrected chi connectivity index (χ1v) is 6.35. The summed E-state index contributed by atoms with van der Waals surface area (Å²) in [5, 5.41) is 2.64. The smallest absolute Gasteiger partial charge is 0.316 e. The average molecular weight is 248 g/mol. The van der Waals surface area contributed by atoms with Gasteiger partial charge in [-0.3, -0.25) is 9.59 Å². The molecule has 0 bridgehead atoms. The van der Waals surface area contributed by atoms with Gasteiger partial charge in [-0.15, -0.1) is 0 Å². The van der Waals surface area contributed by atoms with Crippen LogP contribution in [-0.2, 0) is 9.59 Å². The number of nitrogens with zero attached hydrogens (tertiary/aromatic N) is 1. The topological polar surface area (TPSA) is 49.4 Å². The van der Waals surface area contributed by atoms with E-state index in [2.05, 4.69) is 5.32 Å². The second kappa shape index (κ2) is 7.48. The Morgan fingerprint density at radius 3 is 2.39 bits per heavy atom. The SMILES string of the molecule is CCCCNC(=O)C(=O)N(CC)c1ccccc1. The summed E-state index contributed by atoms with van der Waals surface area (Å²) >= 11 is 0. The number of rotatable bonds is 5. The third kappa shape index (κ3) is 3.87. The number of amides is 2. The third-order valence-corrected chi connectivity index (χ3v) is 2.64. The Morgan fingerprint density at radius 1 is 1.17 bits per heavy atom. The first-order chi connectivity index (χ1) is 8.70. The van der Waals surface area contributed by atoms with Crippen LogP contribution in [0.5, 0.6) is 0 Å². The van der Waals surface area contributed by atoms with Crippen molar-refractivity contribution >= 4 is 17.5 Å². The highest BCUT2D eigenvalue weighted by molar-refractivity contribution is 6.40. The highest BCUT2D eigenvalue weighted by Crippen LogP contribution is 2.12. The minimum absolute atomic E-state index is 0.476. The summed E-state index contributed by atoms with van der Waals surface area (Å²) in [4.78, 5) is 25.1. The first kappa shape index (κ1) is 14.2. The summed E-state index contributed by atoms with van der Waals surface area (Å²) in [6, 6.07) is 9.21. The minimum atomic E-state index is -0.533. The molecular formula is C14H20N2O2. The van der Waals surface area contributed by atoms with Gasteiger partial charge in [-0.05, 0) is 25.5 Å². The monoisotopic (exact) mass is 248 g/mol. The molecule has 0 aliphatic rings. The van der Waals surface area contributed by atoms with Gasteiger partial charge in [0.1, 0.15) is 0 Å². The molecule has 0 radical (unpaired) electrons. The van der Waals surface area contributed by atoms with Crippen molar-refractivity contribution in [1.29, 1.82) is 0 Å². The molecule has 1 N–H and O–H groups in total. The van der Waals surface area contributed by atoms with Gasteiger partial charge in [0, 0.05) is 18.8 Å². The summed E-state index contributed by atoms with van der Waals surface area (Å²) in [5.74, 6) is -1.03. The van der Waals surface area contributed by atoms with Crippen molar-refractivity contribution in [1.82, 2.24) is 5.32 Å². The van der Waals surface area contributed by atoms with Gasteiger partial charge in [-0.25, -0.2) is 0 Å². The lowest BCUT2D eigenvalue weighted by Crippen LogP contribution is -2.43. The fraction of sp³-hybridized carbons (Fsp3) is 0.429. The van der Waals surface area contributed by atoms with E-state index in [-0.39, 0.29) is 0 Å². The van der Waals surface area contributed by atoms with Gasteiger partial charge in [0.25, 0.3) is 0 Å². The maximum Gasteiger partial charge on any atom is 0.316 e. The van der Waals surface area contributed by atoms with E-state index in [4.69, 9.17) is 0 Å². The number of carbonyl (C=O) groups is 2. The highest BCUT2D eigenvalue weighted by Gasteiger charge is 2.21. The molecule has 0 spiro atoms. The van der Waals surface area contributed by atoms with Gasteiger partial charge in [-0.2, -0.15) is 0 Å². The van der Waals surface area contributed by atoms with E-state index in [0.717, 1.165) is 18.5 Å². The summed E-state index contributed by atoms with van der Waals surface area (Å²) in [6.07, 6.45) is 1.88. The van der Waals surface area contributed by atoms with Gasteiger partial charge < -0.3 is 10.2 Å². The van der Waals surface area contributed by atoms with Crippen LogP contribution in [-0.4, -0.2) is 24.9 Å². The van der Waals surface area contributed by atoms with Gasteiger partial charge in [0.2, 0.25) is 0 Å². The predicted molar refractivity (Wildman–Crippen MR) is 72.4 cm³/mol. The zero-order chi connectivity index (χ0) is 13.4. The molecule has 0 saturated carbocycles. The largest absolute Gasteiger partial charge is 0.348 e. The van der Waals surface area contributed by atoms with Crippen molar-refractivity contribution in [2.75, 3.05) is 18.0 Å². The zero-order valence-electron chi connectivity index (χ0n) is 11.0. The molecule has 1 aromatic rings. The summed E-state index contributed by atoms with van der Waals surface area (Å²) < 4.78 is 0. The Labute approximate surface area is 108 Å². The van der Waals surface area contributed by atoms with Crippen molar-refractivity contribution in [2.24, 2.45) is 0 Å². The fourth-order valence-electron chi connectivity index (χ4n) is 1.63. The van der Waals surface area contributed by atoms with E-state index in [1.807, 2.05) is 44.2 Å². The Kier molecular flexibility index (Phi) is 5.91. The average Bonchev–Trinajstić information content (AvgIpc) is 2.41. The van der Waals surface area contributed by atoms with E-state index in [1.165, 1.54) is 4.90 Å². The molecule has 0 heterocycles. The molecule has 0 fully saturated rings. The second-order valence-electron chi connectivity index (χ2n) is 3.99. The zero-order valence-corrected chi connectivity index (χ0v) is 11.0. The fourth-order valence-corrected chi connectivity index (χ4v) is 1.63. The van der Waals surface area contributed by atoms with Crippen LogP contribution < -0.4 is 10.2 Å². The van der Waals surface area contributed by atoms with Crippen LogP contribution in [0.2, 0.25) is 0 Å². The van der Waals surface area contributed by atoms with E-state index >= 15 is 0 Å². The van der Waals surface area contributed by atoms with Gasteiger partial charge >= 0.3 is 11.8 Å². The highest BCUT2D eigenvalue weighted by atomic mass is 16.2. The third-order valence-electron chi connectivity index (χ3n) is 2.64. The molecule has 0 aliphatic heterocycles. The van der Waals surface area contributed by atoms with Crippen molar-refractivity contribution in [2.45, 2.75) is 26.7 Å². The molecule has 98 valence electrons. The van der Waals surface area contributed by atoms with Gasteiger partial charge in [-0.1, -0.05) is 31.5 Å². The van der Waals surface area contributed by atoms with Crippen LogP contribution in [0, 0.1) is 0 Å². The number of hydrogen-bond acceptors (Lipinski definition) is 2. The number of anilines is 1. The van der Waals surface area contributed by atoms with Crippen LogP contribution in [0.25, 0.3) is 0 Å². The molecule has 2 amide bonds. The molecule has 4 nitrogen and oxygen atoms in total. The van der Waals surface area contributed by atoms with Crippen molar-refractivity contribution < 1.29 is 9.59 Å². The molecule has 1 rings (SSSR count). The first-order valence-electron chi connectivity index (χ1n) is 6.35. The van der Waals surface area contributed by atoms with Crippen LogP contribution >= 0.6 is 0 Å². The van der Waals surface area contributed by atoms with E-state index in [1.54, 1.807) is 0 Å². The number of unbranched alkanes of at least 4 members (excludes halogenated alkanes) is 1. The van der Waals surface area contributed by atoms with E-state index in [9.17, 15) is 9.59 Å². The molecule has 0 aromatic heterocycles. The quantitative estimate of drug-likeness (QED) is 0.639. The number of hydrogen-bond donors (Lipinski definition) is 1. The maximum atomic E-state index is 12.0. The second-order valence-corrected chi connectivity index (χ2v) is 3.99. The van der Waals surface area contributed by atoms with Crippen molar-refractivity contribution in [3.05, 3.63) is 30.3 Å². The predicted octanol–water partition coefficient (Wildman–Crippen LogP) is 1.96. The van der Waals surface area contributed by atoms with Crippen molar-refractivity contribution in [3.63, 3.8) is 0 Å². The standard InChI is InChI=1S/C14H20N2O2/c1-3-5-11-15-13(17)14(18)16(4-2)12-9-7-6-8-10-12/h6-10H,3-5,11H2,1-2H3,(H,15,17). The van der Waals surface area contributed by atoms with Gasteiger partial charge in [0.15, 0.2) is 0 Å². The molecule has 1 aromatic carbocycles. The molecule has 0 unspecified atom stereocenters. The van der Waals surface area contributed by atoms with E-state index < -0.39 is 11.8 Å². The molecule has 0 atom stereocenters. The maximum absolute atomic E-state index is 12.0. The Morgan fingerprint density at radius 2 is 1.83 bits per heavy atom. The Hall–Kier alpha value is -1.84. The summed E-state index contributed by atoms with van der Waals surface area (Å²) in [5.41, 5.74) is 0.746. The summed E-state index contributed by atoms with van der Waals surface area (Å²) in [6.45, 7) is 4.91. The molecular weight excluding hydrogens is 228 g/mol. The van der Waals surface area contributed by atoms with Gasteiger partial charge in [0.05, 0.1) is 0 Å².